The normalized spacial score (nSPS) is 13.7. The van der Waals surface area contributed by atoms with E-state index in [-0.39, 0.29) is 38.6 Å². The fourth-order valence-corrected chi connectivity index (χ4v) is 6.57. The van der Waals surface area contributed by atoms with Gasteiger partial charge in [-0.15, -0.1) is 0 Å². The van der Waals surface area contributed by atoms with Crippen LogP contribution in [0.3, 0.4) is 0 Å². The van der Waals surface area contributed by atoms with E-state index in [4.69, 9.17) is 18.9 Å². The fourth-order valence-electron chi connectivity index (χ4n) is 6.57. The molecule has 0 heterocycles. The second-order valence-corrected chi connectivity index (χ2v) is 18.1. The predicted molar refractivity (Wildman–Crippen MR) is 274 cm³/mol. The number of rotatable bonds is 46. The Kier molecular flexibility index (Phi) is 45.0. The molecule has 2 atom stereocenters. The number of esters is 2. The number of nitrogens with zero attached hydrogens (tertiary/aromatic N) is 1. The highest BCUT2D eigenvalue weighted by molar-refractivity contribution is 5.70. The van der Waals surface area contributed by atoms with Gasteiger partial charge >= 0.3 is 11.9 Å². The van der Waals surface area contributed by atoms with Crippen molar-refractivity contribution in [3.05, 3.63) is 97.2 Å². The number of aliphatic carboxylic acids is 1. The van der Waals surface area contributed by atoms with Crippen LogP contribution in [-0.2, 0) is 33.3 Å². The second kappa shape index (κ2) is 47.7. The van der Waals surface area contributed by atoms with Crippen LogP contribution >= 0.6 is 0 Å². The van der Waals surface area contributed by atoms with Crippen molar-refractivity contribution in [2.45, 2.75) is 200 Å². The number of likely N-dealkylation sites (N-methyl/N-ethyl adjacent to an activating group) is 1. The smallest absolute Gasteiger partial charge is 0.306 e. The average Bonchev–Trinajstić information content (AvgIpc) is 3.28. The van der Waals surface area contributed by atoms with Crippen LogP contribution < -0.4 is 5.11 Å². The number of carbonyl (C=O) groups excluding carboxylic acids is 3. The van der Waals surface area contributed by atoms with Crippen LogP contribution in [0.15, 0.2) is 97.2 Å². The monoisotopic (exact) mass is 922 g/mol. The van der Waals surface area contributed by atoms with Gasteiger partial charge in [-0.05, 0) is 96.3 Å². The number of allylic oxidation sites excluding steroid dienone is 16. The first kappa shape index (κ1) is 62.2. The van der Waals surface area contributed by atoms with Crippen LogP contribution in [0.25, 0.3) is 0 Å². The Morgan fingerprint density at radius 3 is 1.30 bits per heavy atom. The van der Waals surface area contributed by atoms with E-state index in [0.29, 0.717) is 17.4 Å². The lowest BCUT2D eigenvalue weighted by Gasteiger charge is -2.26. The topological polar surface area (TPSA) is 111 Å². The molecule has 0 aliphatic rings. The molecule has 9 nitrogen and oxygen atoms in total. The van der Waals surface area contributed by atoms with Gasteiger partial charge in [-0.3, -0.25) is 9.59 Å². The number of hydrogen-bond acceptors (Lipinski definition) is 8. The highest BCUT2D eigenvalue weighted by Crippen LogP contribution is 2.13. The summed E-state index contributed by atoms with van der Waals surface area (Å²) < 4.78 is 22.6. The van der Waals surface area contributed by atoms with Crippen molar-refractivity contribution >= 4 is 17.9 Å². The molecule has 0 saturated carbocycles. The van der Waals surface area contributed by atoms with Gasteiger partial charge in [-0.25, -0.2) is 0 Å². The molecule has 0 bridgehead atoms. The Hall–Kier alpha value is -3.79. The number of quaternary nitrogens is 1. The summed E-state index contributed by atoms with van der Waals surface area (Å²) in [6, 6.07) is 0. The quantitative estimate of drug-likeness (QED) is 0.0195. The third-order valence-electron chi connectivity index (χ3n) is 10.6. The third kappa shape index (κ3) is 48.2. The molecule has 0 aromatic rings. The van der Waals surface area contributed by atoms with E-state index in [1.54, 1.807) is 0 Å². The largest absolute Gasteiger partial charge is 0.545 e. The van der Waals surface area contributed by atoms with Crippen LogP contribution in [0.1, 0.15) is 187 Å². The summed E-state index contributed by atoms with van der Waals surface area (Å²) in [5, 5.41) is 11.7. The molecule has 0 spiro atoms. The van der Waals surface area contributed by atoms with Gasteiger partial charge in [-0.1, -0.05) is 175 Å². The van der Waals surface area contributed by atoms with Crippen molar-refractivity contribution in [3.8, 4) is 0 Å². The number of carboxylic acids is 1. The van der Waals surface area contributed by atoms with Crippen molar-refractivity contribution < 1.29 is 42.9 Å². The van der Waals surface area contributed by atoms with Crippen LogP contribution in [0.4, 0.5) is 0 Å². The molecule has 0 N–H and O–H groups in total. The third-order valence-corrected chi connectivity index (χ3v) is 10.6. The number of unbranched alkanes of at least 4 members (excludes halogenated alkanes) is 15. The molecule has 0 aromatic heterocycles. The first-order valence-electron chi connectivity index (χ1n) is 25.9. The van der Waals surface area contributed by atoms with Crippen molar-refractivity contribution in [2.75, 3.05) is 47.5 Å². The first-order valence-corrected chi connectivity index (χ1v) is 25.9. The zero-order chi connectivity index (χ0) is 48.4. The van der Waals surface area contributed by atoms with Gasteiger partial charge in [0.05, 0.1) is 40.3 Å². The van der Waals surface area contributed by atoms with Gasteiger partial charge in [0.15, 0.2) is 12.4 Å². The van der Waals surface area contributed by atoms with Gasteiger partial charge in [0.25, 0.3) is 0 Å². The highest BCUT2D eigenvalue weighted by atomic mass is 16.7. The number of carbonyl (C=O) groups is 3. The zero-order valence-corrected chi connectivity index (χ0v) is 42.5. The van der Waals surface area contributed by atoms with E-state index in [9.17, 15) is 19.5 Å². The maximum Gasteiger partial charge on any atom is 0.306 e. The zero-order valence-electron chi connectivity index (χ0n) is 42.5. The van der Waals surface area contributed by atoms with Crippen LogP contribution in [-0.4, -0.2) is 82.3 Å². The van der Waals surface area contributed by atoms with Crippen LogP contribution in [0, 0.1) is 0 Å². The maximum absolute atomic E-state index is 12.8. The lowest BCUT2D eigenvalue weighted by atomic mass is 10.1. The summed E-state index contributed by atoms with van der Waals surface area (Å²) in [7, 11) is 5.90. The number of ether oxygens (including phenoxy) is 4. The Labute approximate surface area is 403 Å². The molecule has 0 aromatic carbocycles. The van der Waals surface area contributed by atoms with E-state index in [1.165, 1.54) is 38.5 Å². The molecule has 66 heavy (non-hydrogen) atoms. The fraction of sp³-hybridized carbons (Fsp3) is 0.667. The Bertz CT molecular complexity index is 1400. The summed E-state index contributed by atoms with van der Waals surface area (Å²) in [4.78, 5) is 37.1. The summed E-state index contributed by atoms with van der Waals surface area (Å²) in [5.41, 5.74) is 0. The van der Waals surface area contributed by atoms with E-state index in [2.05, 4.69) is 111 Å². The molecule has 0 aliphatic carbocycles. The van der Waals surface area contributed by atoms with Crippen molar-refractivity contribution in [1.82, 2.24) is 0 Å². The minimum absolute atomic E-state index is 0.139. The van der Waals surface area contributed by atoms with Gasteiger partial charge in [0.2, 0.25) is 0 Å². The molecule has 376 valence electrons. The summed E-state index contributed by atoms with van der Waals surface area (Å²) in [6.07, 6.45) is 60.2. The Balaban J connectivity index is 4.31. The lowest BCUT2D eigenvalue weighted by Crippen LogP contribution is -2.44. The minimum atomic E-state index is -1.63. The minimum Gasteiger partial charge on any atom is -0.545 e. The number of carboxylic acid groups (broad SMARTS) is 1. The van der Waals surface area contributed by atoms with E-state index in [0.717, 1.165) is 116 Å². The summed E-state index contributed by atoms with van der Waals surface area (Å²) >= 11 is 0. The molecule has 0 fully saturated rings. The summed E-state index contributed by atoms with van der Waals surface area (Å²) in [6.45, 7) is 4.56. The molecule has 0 rings (SSSR count). The van der Waals surface area contributed by atoms with Crippen LogP contribution in [0.2, 0.25) is 0 Å². The van der Waals surface area contributed by atoms with Crippen LogP contribution in [0.5, 0.6) is 0 Å². The highest BCUT2D eigenvalue weighted by Gasteiger charge is 2.21. The summed E-state index contributed by atoms with van der Waals surface area (Å²) in [5.74, 6) is -2.32. The van der Waals surface area contributed by atoms with Gasteiger partial charge in [-0.2, -0.15) is 0 Å². The van der Waals surface area contributed by atoms with Crippen molar-refractivity contribution in [1.29, 1.82) is 0 Å². The van der Waals surface area contributed by atoms with Gasteiger partial charge < -0.3 is 33.3 Å². The Morgan fingerprint density at radius 2 is 0.864 bits per heavy atom. The van der Waals surface area contributed by atoms with Gasteiger partial charge in [0.1, 0.15) is 13.2 Å². The molecule has 0 aliphatic heterocycles. The predicted octanol–water partition coefficient (Wildman–Crippen LogP) is 13.3. The molecule has 2 unspecified atom stereocenters. The second-order valence-electron chi connectivity index (χ2n) is 18.1. The Morgan fingerprint density at radius 1 is 0.470 bits per heavy atom. The lowest BCUT2D eigenvalue weighted by molar-refractivity contribution is -0.870. The average molecular weight is 922 g/mol. The standard InChI is InChI=1S/C57H95NO8/c1-6-8-10-12-14-16-18-20-21-22-23-24-25-26-27-28-29-30-31-32-33-34-35-36-38-40-42-44-46-48-55(60)66-53(52-65-57(56(61)62)63-50-49-58(3,4)5)51-64-54(59)47-45-43-41-39-37-19-17-15-13-11-9-7-2/h8,10,14-17,20-21,23-24,26-27,29-30,32-33,53,57H,6-7,9,11-13,18-19,22,25,28,31,34-52H2,1-5H3/b10-8-,16-14-,17-15-,21-20-,24-23-,27-26-,30-29-,33-32-. The SMILES string of the molecule is CC/C=C\C/C=C\C/C=C\C/C=C\C/C=C\C/C=C\C/C=C\CCCCCCCCCC(=O)OC(COC(=O)CCCCCCC/C=C\CCCCC)COC(OCC[N+](C)(C)C)C(=O)[O-]. The maximum atomic E-state index is 12.8. The molecular weight excluding hydrogens is 827 g/mol. The molecule has 0 radical (unpaired) electrons. The van der Waals surface area contributed by atoms with Crippen molar-refractivity contribution in [2.24, 2.45) is 0 Å². The van der Waals surface area contributed by atoms with E-state index >= 15 is 0 Å². The van der Waals surface area contributed by atoms with E-state index < -0.39 is 24.3 Å². The van der Waals surface area contributed by atoms with E-state index in [1.807, 2.05) is 21.1 Å². The van der Waals surface area contributed by atoms with Gasteiger partial charge in [0, 0.05) is 12.8 Å². The number of hydrogen-bond donors (Lipinski definition) is 0. The molecule has 9 heteroatoms. The molecular formula is C57H95NO8. The molecule has 0 saturated heterocycles. The van der Waals surface area contributed by atoms with Crippen molar-refractivity contribution in [3.63, 3.8) is 0 Å². The first-order chi connectivity index (χ1) is 32.1. The molecule has 0 amide bonds.